The van der Waals surface area contributed by atoms with Gasteiger partial charge in [0.15, 0.2) is 0 Å². The molecule has 1 amide bonds. The highest BCUT2D eigenvalue weighted by Gasteiger charge is 2.06. The molecule has 0 atom stereocenters. The fraction of sp³-hybridized carbons (Fsp3) is 0.833. The highest BCUT2D eigenvalue weighted by atomic mass is 16.5. The Morgan fingerprint density at radius 3 is 2.44 bits per heavy atom. The van der Waals surface area contributed by atoms with E-state index in [2.05, 4.69) is 5.32 Å². The van der Waals surface area contributed by atoms with E-state index in [0.717, 1.165) is 6.42 Å². The second-order valence-electron chi connectivity index (χ2n) is 4.08. The third-order valence-corrected chi connectivity index (χ3v) is 2.18. The van der Waals surface area contributed by atoms with Crippen molar-refractivity contribution in [3.8, 4) is 0 Å². The first-order chi connectivity index (χ1) is 7.57. The van der Waals surface area contributed by atoms with E-state index in [4.69, 9.17) is 4.74 Å². The number of ketones is 1. The van der Waals surface area contributed by atoms with E-state index in [-0.39, 0.29) is 17.6 Å². The van der Waals surface area contributed by atoms with Crippen molar-refractivity contribution in [2.24, 2.45) is 5.92 Å². The van der Waals surface area contributed by atoms with Gasteiger partial charge in [0.25, 0.3) is 0 Å². The number of amides is 1. The van der Waals surface area contributed by atoms with Crippen molar-refractivity contribution in [1.29, 1.82) is 0 Å². The number of hydrogen-bond donors (Lipinski definition) is 1. The Balaban J connectivity index is 3.28. The monoisotopic (exact) mass is 229 g/mol. The second kappa shape index (κ2) is 9.33. The van der Waals surface area contributed by atoms with Crippen LogP contribution in [0.1, 0.15) is 40.0 Å². The molecule has 0 aromatic rings. The first kappa shape index (κ1) is 15.1. The van der Waals surface area contributed by atoms with Gasteiger partial charge in [-0.25, -0.2) is 0 Å². The Bertz CT molecular complexity index is 214. The lowest BCUT2D eigenvalue weighted by Gasteiger charge is -2.06. The minimum absolute atomic E-state index is 0.0596. The zero-order valence-electron chi connectivity index (χ0n) is 10.5. The zero-order chi connectivity index (χ0) is 12.4. The quantitative estimate of drug-likeness (QED) is 0.610. The van der Waals surface area contributed by atoms with Crippen LogP contribution in [0.5, 0.6) is 0 Å². The molecule has 0 heterocycles. The van der Waals surface area contributed by atoms with Crippen LogP contribution in [0.3, 0.4) is 0 Å². The van der Waals surface area contributed by atoms with E-state index in [1.165, 1.54) is 0 Å². The maximum atomic E-state index is 11.2. The molecule has 4 nitrogen and oxygen atoms in total. The summed E-state index contributed by atoms with van der Waals surface area (Å²) in [5, 5.41) is 2.75. The van der Waals surface area contributed by atoms with Crippen LogP contribution in [-0.2, 0) is 14.3 Å². The summed E-state index contributed by atoms with van der Waals surface area (Å²) in [6.07, 6.45) is 1.88. The lowest BCUT2D eigenvalue weighted by atomic mass is 10.1. The molecule has 0 rings (SSSR count). The number of Topliss-reactive ketones (excluding diaryl/α,β-unsaturated/α-hetero) is 1. The first-order valence-electron chi connectivity index (χ1n) is 5.95. The van der Waals surface area contributed by atoms with Crippen LogP contribution >= 0.6 is 0 Å². The third-order valence-electron chi connectivity index (χ3n) is 2.18. The number of carbonyl (C=O) groups excluding carboxylic acids is 2. The van der Waals surface area contributed by atoms with E-state index < -0.39 is 0 Å². The van der Waals surface area contributed by atoms with Crippen molar-refractivity contribution in [2.45, 2.75) is 40.0 Å². The van der Waals surface area contributed by atoms with Gasteiger partial charge in [-0.15, -0.1) is 0 Å². The standard InChI is InChI=1S/C12H23NO3/c1-4-5-12(15)13-7-9-16-8-6-11(14)10(2)3/h10H,4-9H2,1-3H3,(H,13,15). The molecular formula is C12H23NO3. The molecule has 0 saturated heterocycles. The largest absolute Gasteiger partial charge is 0.379 e. The fourth-order valence-corrected chi connectivity index (χ4v) is 1.14. The van der Waals surface area contributed by atoms with Crippen LogP contribution in [0.15, 0.2) is 0 Å². The summed E-state index contributed by atoms with van der Waals surface area (Å²) in [4.78, 5) is 22.3. The SMILES string of the molecule is CCCC(=O)NCCOCCC(=O)C(C)C. The topological polar surface area (TPSA) is 55.4 Å². The molecule has 0 aliphatic rings. The summed E-state index contributed by atoms with van der Waals surface area (Å²) in [7, 11) is 0. The van der Waals surface area contributed by atoms with Crippen molar-refractivity contribution >= 4 is 11.7 Å². The lowest BCUT2D eigenvalue weighted by molar-refractivity contribution is -0.123. The van der Waals surface area contributed by atoms with Crippen LogP contribution in [0.25, 0.3) is 0 Å². The highest BCUT2D eigenvalue weighted by molar-refractivity contribution is 5.80. The Kier molecular flexibility index (Phi) is 8.81. The third kappa shape index (κ3) is 8.41. The normalized spacial score (nSPS) is 10.5. The summed E-state index contributed by atoms with van der Waals surface area (Å²) in [5.74, 6) is 0.354. The summed E-state index contributed by atoms with van der Waals surface area (Å²) in [6.45, 7) is 7.17. The van der Waals surface area contributed by atoms with Crippen molar-refractivity contribution in [3.05, 3.63) is 0 Å². The van der Waals surface area contributed by atoms with E-state index >= 15 is 0 Å². The maximum absolute atomic E-state index is 11.2. The molecule has 4 heteroatoms. The average Bonchev–Trinajstić information content (AvgIpc) is 2.23. The average molecular weight is 229 g/mol. The van der Waals surface area contributed by atoms with Crippen molar-refractivity contribution in [1.82, 2.24) is 5.32 Å². The molecule has 0 unspecified atom stereocenters. The van der Waals surface area contributed by atoms with Gasteiger partial charge < -0.3 is 10.1 Å². The van der Waals surface area contributed by atoms with Crippen molar-refractivity contribution < 1.29 is 14.3 Å². The Morgan fingerprint density at radius 1 is 1.19 bits per heavy atom. The van der Waals surface area contributed by atoms with E-state index in [0.29, 0.717) is 32.6 Å². The van der Waals surface area contributed by atoms with E-state index in [1.54, 1.807) is 0 Å². The molecule has 1 N–H and O–H groups in total. The van der Waals surface area contributed by atoms with Crippen LogP contribution in [-0.4, -0.2) is 31.4 Å². The van der Waals surface area contributed by atoms with Gasteiger partial charge in [-0.2, -0.15) is 0 Å². The molecule has 0 fully saturated rings. The van der Waals surface area contributed by atoms with Gasteiger partial charge in [0, 0.05) is 25.3 Å². The summed E-state index contributed by atoms with van der Waals surface area (Å²) in [6, 6.07) is 0. The van der Waals surface area contributed by atoms with Gasteiger partial charge in [-0.3, -0.25) is 9.59 Å². The lowest BCUT2D eigenvalue weighted by Crippen LogP contribution is -2.27. The van der Waals surface area contributed by atoms with Gasteiger partial charge in [0.1, 0.15) is 5.78 Å². The molecule has 0 radical (unpaired) electrons. The van der Waals surface area contributed by atoms with Gasteiger partial charge in [-0.05, 0) is 6.42 Å². The second-order valence-corrected chi connectivity index (χ2v) is 4.08. The molecule has 0 aliphatic carbocycles. The number of nitrogens with one attached hydrogen (secondary N) is 1. The Hall–Kier alpha value is -0.900. The van der Waals surface area contributed by atoms with Crippen LogP contribution in [0.2, 0.25) is 0 Å². The number of hydrogen-bond acceptors (Lipinski definition) is 3. The Morgan fingerprint density at radius 2 is 1.88 bits per heavy atom. The van der Waals surface area contributed by atoms with Gasteiger partial charge in [0.05, 0.1) is 13.2 Å². The molecule has 0 aromatic carbocycles. The first-order valence-corrected chi connectivity index (χ1v) is 5.95. The zero-order valence-corrected chi connectivity index (χ0v) is 10.5. The minimum atomic E-state index is 0.0596. The highest BCUT2D eigenvalue weighted by Crippen LogP contribution is 1.98. The molecule has 0 aromatic heterocycles. The molecule has 0 saturated carbocycles. The minimum Gasteiger partial charge on any atom is -0.379 e. The molecule has 0 bridgehead atoms. The number of rotatable bonds is 9. The van der Waals surface area contributed by atoms with Gasteiger partial charge >= 0.3 is 0 Å². The molecule has 0 spiro atoms. The smallest absolute Gasteiger partial charge is 0.220 e. The summed E-state index contributed by atoms with van der Waals surface area (Å²) < 4.78 is 5.25. The summed E-state index contributed by atoms with van der Waals surface area (Å²) >= 11 is 0. The van der Waals surface area contributed by atoms with Crippen LogP contribution in [0, 0.1) is 5.92 Å². The molecule has 94 valence electrons. The van der Waals surface area contributed by atoms with Gasteiger partial charge in [0.2, 0.25) is 5.91 Å². The van der Waals surface area contributed by atoms with E-state index in [1.807, 2.05) is 20.8 Å². The molecule has 0 aliphatic heterocycles. The number of ether oxygens (including phenoxy) is 1. The maximum Gasteiger partial charge on any atom is 0.220 e. The Labute approximate surface area is 97.7 Å². The van der Waals surface area contributed by atoms with Crippen LogP contribution in [0.4, 0.5) is 0 Å². The van der Waals surface area contributed by atoms with E-state index in [9.17, 15) is 9.59 Å². The molecular weight excluding hydrogens is 206 g/mol. The van der Waals surface area contributed by atoms with Crippen LogP contribution < -0.4 is 5.32 Å². The number of carbonyl (C=O) groups is 2. The molecule has 16 heavy (non-hydrogen) atoms. The van der Waals surface area contributed by atoms with Crippen molar-refractivity contribution in [2.75, 3.05) is 19.8 Å². The summed E-state index contributed by atoms with van der Waals surface area (Å²) in [5.41, 5.74) is 0. The van der Waals surface area contributed by atoms with Crippen molar-refractivity contribution in [3.63, 3.8) is 0 Å². The fourth-order valence-electron chi connectivity index (χ4n) is 1.14. The predicted molar refractivity (Wildman–Crippen MR) is 63.2 cm³/mol. The predicted octanol–water partition coefficient (Wildman–Crippen LogP) is 1.53. The van der Waals surface area contributed by atoms with Gasteiger partial charge in [-0.1, -0.05) is 20.8 Å².